The summed E-state index contributed by atoms with van der Waals surface area (Å²) in [6, 6.07) is 14.4. The number of benzene rings is 2. The Labute approximate surface area is 180 Å². The molecule has 8 heteroatoms. The summed E-state index contributed by atoms with van der Waals surface area (Å²) in [4.78, 5) is 28.7. The minimum Gasteiger partial charge on any atom is -0.325 e. The summed E-state index contributed by atoms with van der Waals surface area (Å²) >= 11 is 12.1. The molecule has 2 aromatic rings. The normalized spacial score (nSPS) is 15.1. The van der Waals surface area contributed by atoms with Gasteiger partial charge in [-0.25, -0.2) is 0 Å². The lowest BCUT2D eigenvalue weighted by molar-refractivity contribution is -0.117. The van der Waals surface area contributed by atoms with Gasteiger partial charge in [0.15, 0.2) is 0 Å². The number of para-hydroxylation sites is 2. The van der Waals surface area contributed by atoms with Crippen LogP contribution in [0.1, 0.15) is 6.42 Å². The van der Waals surface area contributed by atoms with Crippen molar-refractivity contribution in [3.8, 4) is 0 Å². The van der Waals surface area contributed by atoms with Crippen LogP contribution in [0.25, 0.3) is 0 Å². The van der Waals surface area contributed by atoms with E-state index in [9.17, 15) is 9.59 Å². The highest BCUT2D eigenvalue weighted by molar-refractivity contribution is 6.34. The van der Waals surface area contributed by atoms with E-state index in [0.717, 1.165) is 26.2 Å². The summed E-state index contributed by atoms with van der Waals surface area (Å²) < 4.78 is 0. The highest BCUT2D eigenvalue weighted by Crippen LogP contribution is 2.21. The summed E-state index contributed by atoms with van der Waals surface area (Å²) in [6.07, 6.45) is 0.401. The number of nitrogens with one attached hydrogen (secondary N) is 2. The van der Waals surface area contributed by atoms with Crippen LogP contribution in [0.2, 0.25) is 10.0 Å². The molecule has 1 aliphatic rings. The number of hydrogen-bond acceptors (Lipinski definition) is 4. The first-order valence-corrected chi connectivity index (χ1v) is 10.3. The third-order valence-corrected chi connectivity index (χ3v) is 5.44. The average Bonchev–Trinajstić information content (AvgIpc) is 2.71. The van der Waals surface area contributed by atoms with Crippen LogP contribution in [0.3, 0.4) is 0 Å². The molecule has 0 spiro atoms. The Balaban J connectivity index is 1.36. The van der Waals surface area contributed by atoms with Gasteiger partial charge in [0, 0.05) is 39.1 Å². The Kier molecular flexibility index (Phi) is 7.89. The van der Waals surface area contributed by atoms with Crippen molar-refractivity contribution in [3.63, 3.8) is 0 Å². The van der Waals surface area contributed by atoms with Crippen molar-refractivity contribution in [1.29, 1.82) is 0 Å². The van der Waals surface area contributed by atoms with E-state index in [-0.39, 0.29) is 11.8 Å². The number of piperazine rings is 1. The van der Waals surface area contributed by atoms with Gasteiger partial charge in [-0.05, 0) is 24.3 Å². The lowest BCUT2D eigenvalue weighted by Gasteiger charge is -2.34. The monoisotopic (exact) mass is 434 g/mol. The Bertz CT molecular complexity index is 854. The highest BCUT2D eigenvalue weighted by Gasteiger charge is 2.20. The lowest BCUT2D eigenvalue weighted by Crippen LogP contribution is -2.49. The van der Waals surface area contributed by atoms with Gasteiger partial charge in [0.1, 0.15) is 0 Å². The van der Waals surface area contributed by atoms with Gasteiger partial charge in [0.05, 0.1) is 28.0 Å². The smallest absolute Gasteiger partial charge is 0.238 e. The first-order valence-electron chi connectivity index (χ1n) is 9.55. The summed E-state index contributed by atoms with van der Waals surface area (Å²) in [5, 5.41) is 6.75. The molecule has 1 aliphatic heterocycles. The second kappa shape index (κ2) is 10.6. The molecule has 0 radical (unpaired) electrons. The SMILES string of the molecule is O=C(CCN1CCN(CC(=O)Nc2ccccc2Cl)CC1)Nc1ccccc1Cl. The van der Waals surface area contributed by atoms with Crippen LogP contribution in [0.4, 0.5) is 11.4 Å². The van der Waals surface area contributed by atoms with E-state index in [1.807, 2.05) is 24.3 Å². The van der Waals surface area contributed by atoms with Gasteiger partial charge in [0.2, 0.25) is 11.8 Å². The van der Waals surface area contributed by atoms with Crippen LogP contribution in [-0.4, -0.2) is 60.9 Å². The fraction of sp³-hybridized carbons (Fsp3) is 0.333. The van der Waals surface area contributed by atoms with Gasteiger partial charge >= 0.3 is 0 Å². The molecular weight excluding hydrogens is 411 g/mol. The third kappa shape index (κ3) is 6.72. The van der Waals surface area contributed by atoms with E-state index in [4.69, 9.17) is 23.2 Å². The Morgan fingerprint density at radius 3 is 1.79 bits per heavy atom. The summed E-state index contributed by atoms with van der Waals surface area (Å²) in [5.74, 6) is -0.134. The summed E-state index contributed by atoms with van der Waals surface area (Å²) in [7, 11) is 0. The molecular formula is C21H24Cl2N4O2. The standard InChI is InChI=1S/C21H24Cl2N4O2/c22-16-5-1-3-7-18(16)24-20(28)9-10-26-11-13-27(14-12-26)15-21(29)25-19-8-4-2-6-17(19)23/h1-8H,9-15H2,(H,24,28)(H,25,29). The van der Waals surface area contributed by atoms with E-state index < -0.39 is 0 Å². The molecule has 2 aromatic carbocycles. The van der Waals surface area contributed by atoms with Crippen LogP contribution >= 0.6 is 23.2 Å². The van der Waals surface area contributed by atoms with Crippen LogP contribution in [0.5, 0.6) is 0 Å². The Hall–Kier alpha value is -2.12. The number of anilines is 2. The van der Waals surface area contributed by atoms with Gasteiger partial charge in [-0.2, -0.15) is 0 Å². The van der Waals surface area contributed by atoms with Crippen molar-refractivity contribution >= 4 is 46.4 Å². The second-order valence-corrected chi connectivity index (χ2v) is 7.74. The van der Waals surface area contributed by atoms with Gasteiger partial charge in [0.25, 0.3) is 0 Å². The topological polar surface area (TPSA) is 64.7 Å². The number of rotatable bonds is 7. The highest BCUT2D eigenvalue weighted by atomic mass is 35.5. The molecule has 0 aliphatic carbocycles. The van der Waals surface area contributed by atoms with Gasteiger partial charge < -0.3 is 15.5 Å². The minimum absolute atomic E-state index is 0.0559. The molecule has 0 saturated carbocycles. The zero-order valence-electron chi connectivity index (χ0n) is 16.0. The van der Waals surface area contributed by atoms with Crippen molar-refractivity contribution in [1.82, 2.24) is 9.80 Å². The Morgan fingerprint density at radius 2 is 1.24 bits per heavy atom. The van der Waals surface area contributed by atoms with E-state index in [2.05, 4.69) is 20.4 Å². The molecule has 1 saturated heterocycles. The fourth-order valence-corrected chi connectivity index (χ4v) is 3.53. The number of amides is 2. The number of hydrogen-bond donors (Lipinski definition) is 2. The molecule has 0 unspecified atom stereocenters. The zero-order valence-corrected chi connectivity index (χ0v) is 17.5. The van der Waals surface area contributed by atoms with Crippen LogP contribution < -0.4 is 10.6 Å². The Morgan fingerprint density at radius 1 is 0.759 bits per heavy atom. The molecule has 2 amide bonds. The summed E-state index contributed by atoms with van der Waals surface area (Å²) in [5.41, 5.74) is 1.26. The van der Waals surface area contributed by atoms with E-state index in [0.29, 0.717) is 40.9 Å². The predicted octanol–water partition coefficient (Wildman–Crippen LogP) is 3.58. The van der Waals surface area contributed by atoms with Crippen molar-refractivity contribution in [2.45, 2.75) is 6.42 Å². The second-order valence-electron chi connectivity index (χ2n) is 6.92. The first-order chi connectivity index (χ1) is 14.0. The maximum absolute atomic E-state index is 12.2. The molecule has 0 aromatic heterocycles. The van der Waals surface area contributed by atoms with Gasteiger partial charge in [-0.15, -0.1) is 0 Å². The van der Waals surface area contributed by atoms with Gasteiger partial charge in [-0.3, -0.25) is 14.5 Å². The minimum atomic E-state index is -0.0781. The number of halogens is 2. The first kappa shape index (κ1) is 21.6. The predicted molar refractivity (Wildman–Crippen MR) is 118 cm³/mol. The van der Waals surface area contributed by atoms with E-state index in [1.54, 1.807) is 24.3 Å². The molecule has 6 nitrogen and oxygen atoms in total. The number of nitrogens with zero attached hydrogens (tertiary/aromatic N) is 2. The van der Waals surface area contributed by atoms with Crippen LogP contribution in [0.15, 0.2) is 48.5 Å². The quantitative estimate of drug-likeness (QED) is 0.698. The molecule has 0 atom stereocenters. The molecule has 0 bridgehead atoms. The largest absolute Gasteiger partial charge is 0.325 e. The van der Waals surface area contributed by atoms with Crippen molar-refractivity contribution in [2.24, 2.45) is 0 Å². The number of carbonyl (C=O) groups excluding carboxylic acids is 2. The zero-order chi connectivity index (χ0) is 20.6. The summed E-state index contributed by atoms with van der Waals surface area (Å²) in [6.45, 7) is 4.20. The number of carbonyl (C=O) groups is 2. The van der Waals surface area contributed by atoms with Crippen molar-refractivity contribution in [2.75, 3.05) is 49.9 Å². The van der Waals surface area contributed by atoms with E-state index >= 15 is 0 Å². The van der Waals surface area contributed by atoms with Crippen LogP contribution in [0, 0.1) is 0 Å². The molecule has 1 heterocycles. The third-order valence-electron chi connectivity index (χ3n) is 4.78. The average molecular weight is 435 g/mol. The molecule has 29 heavy (non-hydrogen) atoms. The fourth-order valence-electron chi connectivity index (χ4n) is 3.16. The van der Waals surface area contributed by atoms with Crippen molar-refractivity contribution in [3.05, 3.63) is 58.6 Å². The van der Waals surface area contributed by atoms with Crippen LogP contribution in [-0.2, 0) is 9.59 Å². The lowest BCUT2D eigenvalue weighted by atomic mass is 10.2. The maximum Gasteiger partial charge on any atom is 0.238 e. The van der Waals surface area contributed by atoms with Gasteiger partial charge in [-0.1, -0.05) is 47.5 Å². The molecule has 1 fully saturated rings. The van der Waals surface area contributed by atoms with Crippen molar-refractivity contribution < 1.29 is 9.59 Å². The van der Waals surface area contributed by atoms with E-state index in [1.165, 1.54) is 0 Å². The molecule has 2 N–H and O–H groups in total. The maximum atomic E-state index is 12.2. The molecule has 3 rings (SSSR count). The molecule has 154 valence electrons.